The number of carbonyl (C=O) groups excluding carboxylic acids is 1. The predicted octanol–water partition coefficient (Wildman–Crippen LogP) is 4.17. The quantitative estimate of drug-likeness (QED) is 0.833. The molecule has 1 aliphatic carbocycles. The molecule has 3 aliphatic rings. The molecule has 0 radical (unpaired) electrons. The van der Waals surface area contributed by atoms with Crippen LogP contribution in [0.4, 0.5) is 0 Å². The van der Waals surface area contributed by atoms with Gasteiger partial charge in [0.1, 0.15) is 5.75 Å². The third-order valence-corrected chi connectivity index (χ3v) is 6.28. The van der Waals surface area contributed by atoms with Crippen molar-refractivity contribution in [2.75, 3.05) is 19.8 Å². The highest BCUT2D eigenvalue weighted by Gasteiger charge is 2.34. The highest BCUT2D eigenvalue weighted by Crippen LogP contribution is 2.38. The molecule has 2 aliphatic heterocycles. The molecule has 0 aromatic heterocycles. The number of rotatable bonds is 3. The van der Waals surface area contributed by atoms with E-state index in [0.29, 0.717) is 12.8 Å². The van der Waals surface area contributed by atoms with Crippen LogP contribution < -0.4 is 4.74 Å². The second kappa shape index (κ2) is 6.58. The minimum absolute atomic E-state index is 0.159. The summed E-state index contributed by atoms with van der Waals surface area (Å²) in [6.45, 7) is 3.63. The number of amides is 1. The zero-order valence-corrected chi connectivity index (χ0v) is 15.2. The van der Waals surface area contributed by atoms with Crippen LogP contribution in [0.2, 0.25) is 0 Å². The molecular weight excluding hydrogens is 324 g/mol. The van der Waals surface area contributed by atoms with E-state index in [1.54, 1.807) is 0 Å². The summed E-state index contributed by atoms with van der Waals surface area (Å²) < 4.78 is 6.15. The van der Waals surface area contributed by atoms with Gasteiger partial charge in [-0.2, -0.15) is 0 Å². The summed E-state index contributed by atoms with van der Waals surface area (Å²) in [7, 11) is 0. The fourth-order valence-electron chi connectivity index (χ4n) is 4.89. The Hall–Kier alpha value is -2.07. The summed E-state index contributed by atoms with van der Waals surface area (Å²) in [5.41, 5.74) is 2.02. The van der Waals surface area contributed by atoms with Gasteiger partial charge in [0.2, 0.25) is 0 Å². The molecule has 0 atom stereocenters. The SMILES string of the molecule is O=C1c2cc(CN3CCCC3)c3ccccc3c2OCN1C1CCCC1. The normalized spacial score (nSPS) is 21.4. The van der Waals surface area contributed by atoms with Gasteiger partial charge in [0.15, 0.2) is 6.73 Å². The van der Waals surface area contributed by atoms with Crippen LogP contribution in [-0.2, 0) is 6.54 Å². The fraction of sp³-hybridized carbons (Fsp3) is 0.500. The van der Waals surface area contributed by atoms with E-state index in [1.807, 2.05) is 11.0 Å². The van der Waals surface area contributed by atoms with E-state index in [4.69, 9.17) is 4.74 Å². The van der Waals surface area contributed by atoms with Crippen molar-refractivity contribution in [1.29, 1.82) is 0 Å². The van der Waals surface area contributed by atoms with Crippen LogP contribution >= 0.6 is 0 Å². The van der Waals surface area contributed by atoms with Gasteiger partial charge in [-0.25, -0.2) is 0 Å². The Kier molecular flexibility index (Phi) is 4.08. The summed E-state index contributed by atoms with van der Waals surface area (Å²) in [5.74, 6) is 0.941. The number of benzene rings is 2. The standard InChI is InChI=1S/C22H26N2O2/c25-22-20-13-16(14-23-11-5-6-12-23)18-9-3-4-10-19(18)21(20)26-15-24(22)17-7-1-2-8-17/h3-4,9-10,13,17H,1-2,5-8,11-12,14-15H2. The molecule has 26 heavy (non-hydrogen) atoms. The number of nitrogens with zero attached hydrogens (tertiary/aromatic N) is 2. The van der Waals surface area contributed by atoms with Gasteiger partial charge in [0.25, 0.3) is 5.91 Å². The van der Waals surface area contributed by atoms with Crippen molar-refractivity contribution in [2.45, 2.75) is 51.1 Å². The Morgan fingerprint density at radius 3 is 2.50 bits per heavy atom. The van der Waals surface area contributed by atoms with Crippen LogP contribution in [0.1, 0.15) is 54.4 Å². The van der Waals surface area contributed by atoms with E-state index in [-0.39, 0.29) is 5.91 Å². The Morgan fingerprint density at radius 1 is 1.00 bits per heavy atom. The van der Waals surface area contributed by atoms with E-state index in [0.717, 1.165) is 49.2 Å². The number of fused-ring (bicyclic) bond motifs is 3. The number of likely N-dealkylation sites (tertiary alicyclic amines) is 1. The largest absolute Gasteiger partial charge is 0.472 e. The zero-order chi connectivity index (χ0) is 17.5. The molecular formula is C22H26N2O2. The van der Waals surface area contributed by atoms with E-state index in [9.17, 15) is 4.79 Å². The lowest BCUT2D eigenvalue weighted by atomic mass is 9.97. The second-order valence-electron chi connectivity index (χ2n) is 7.93. The summed E-state index contributed by atoms with van der Waals surface area (Å²) >= 11 is 0. The van der Waals surface area contributed by atoms with Crippen molar-refractivity contribution in [3.8, 4) is 5.75 Å². The lowest BCUT2D eigenvalue weighted by Gasteiger charge is -2.34. The molecule has 136 valence electrons. The maximum atomic E-state index is 13.3. The first-order valence-corrected chi connectivity index (χ1v) is 10.0. The minimum Gasteiger partial charge on any atom is -0.472 e. The molecule has 0 spiro atoms. The van der Waals surface area contributed by atoms with Crippen LogP contribution in [-0.4, -0.2) is 41.6 Å². The first-order valence-electron chi connectivity index (χ1n) is 10.0. The zero-order valence-electron chi connectivity index (χ0n) is 15.2. The Balaban J connectivity index is 1.57. The van der Waals surface area contributed by atoms with Crippen LogP contribution in [0.15, 0.2) is 30.3 Å². The molecule has 4 heteroatoms. The van der Waals surface area contributed by atoms with E-state index < -0.39 is 0 Å². The summed E-state index contributed by atoms with van der Waals surface area (Å²) in [5, 5.41) is 2.30. The average molecular weight is 350 g/mol. The highest BCUT2D eigenvalue weighted by molar-refractivity contribution is 6.05. The molecule has 2 aromatic rings. The van der Waals surface area contributed by atoms with Gasteiger partial charge in [-0.15, -0.1) is 0 Å². The van der Waals surface area contributed by atoms with Crippen molar-refractivity contribution in [2.24, 2.45) is 0 Å². The van der Waals surface area contributed by atoms with Crippen LogP contribution in [0.3, 0.4) is 0 Å². The molecule has 1 saturated heterocycles. The third-order valence-electron chi connectivity index (χ3n) is 6.28. The smallest absolute Gasteiger partial charge is 0.260 e. The van der Waals surface area contributed by atoms with Crippen molar-refractivity contribution >= 4 is 16.7 Å². The number of hydrogen-bond donors (Lipinski definition) is 0. The molecule has 2 heterocycles. The van der Waals surface area contributed by atoms with Crippen molar-refractivity contribution in [3.05, 3.63) is 41.5 Å². The van der Waals surface area contributed by atoms with Gasteiger partial charge in [0.05, 0.1) is 5.56 Å². The number of carbonyl (C=O) groups is 1. The van der Waals surface area contributed by atoms with Crippen LogP contribution in [0.5, 0.6) is 5.75 Å². The van der Waals surface area contributed by atoms with Gasteiger partial charge in [0, 0.05) is 18.0 Å². The molecule has 0 bridgehead atoms. The van der Waals surface area contributed by atoms with Gasteiger partial charge >= 0.3 is 0 Å². The third kappa shape index (κ3) is 2.67. The van der Waals surface area contributed by atoms with Gasteiger partial charge in [-0.3, -0.25) is 9.69 Å². The molecule has 1 amide bonds. The maximum Gasteiger partial charge on any atom is 0.260 e. The molecule has 1 saturated carbocycles. The van der Waals surface area contributed by atoms with Gasteiger partial charge < -0.3 is 9.64 Å². The second-order valence-corrected chi connectivity index (χ2v) is 7.93. The first kappa shape index (κ1) is 16.1. The Labute approximate surface area is 154 Å². The van der Waals surface area contributed by atoms with Crippen molar-refractivity contribution < 1.29 is 9.53 Å². The van der Waals surface area contributed by atoms with E-state index in [1.165, 1.54) is 36.6 Å². The first-order chi connectivity index (χ1) is 12.8. The van der Waals surface area contributed by atoms with Crippen molar-refractivity contribution in [3.63, 3.8) is 0 Å². The maximum absolute atomic E-state index is 13.3. The molecule has 2 fully saturated rings. The molecule has 0 N–H and O–H groups in total. The molecule has 0 unspecified atom stereocenters. The van der Waals surface area contributed by atoms with Crippen LogP contribution in [0.25, 0.3) is 10.8 Å². The van der Waals surface area contributed by atoms with E-state index in [2.05, 4.69) is 29.2 Å². The number of ether oxygens (including phenoxy) is 1. The minimum atomic E-state index is 0.159. The topological polar surface area (TPSA) is 32.8 Å². The lowest BCUT2D eigenvalue weighted by molar-refractivity contribution is 0.0396. The van der Waals surface area contributed by atoms with E-state index >= 15 is 0 Å². The van der Waals surface area contributed by atoms with Crippen LogP contribution in [0, 0.1) is 0 Å². The Bertz CT molecular complexity index is 835. The number of hydrogen-bond acceptors (Lipinski definition) is 3. The molecule has 4 nitrogen and oxygen atoms in total. The monoisotopic (exact) mass is 350 g/mol. The summed E-state index contributed by atoms with van der Waals surface area (Å²) in [4.78, 5) is 17.7. The van der Waals surface area contributed by atoms with Crippen molar-refractivity contribution in [1.82, 2.24) is 9.80 Å². The highest BCUT2D eigenvalue weighted by atomic mass is 16.5. The predicted molar refractivity (Wildman–Crippen MR) is 102 cm³/mol. The average Bonchev–Trinajstić information content (AvgIpc) is 3.37. The Morgan fingerprint density at radius 2 is 1.73 bits per heavy atom. The molecule has 2 aromatic carbocycles. The van der Waals surface area contributed by atoms with Gasteiger partial charge in [-0.1, -0.05) is 37.1 Å². The van der Waals surface area contributed by atoms with Gasteiger partial charge in [-0.05, 0) is 55.8 Å². The fourth-order valence-corrected chi connectivity index (χ4v) is 4.89. The summed E-state index contributed by atoms with van der Waals surface area (Å²) in [6.07, 6.45) is 7.22. The summed E-state index contributed by atoms with van der Waals surface area (Å²) in [6, 6.07) is 10.8. The lowest BCUT2D eigenvalue weighted by Crippen LogP contribution is -2.44. The molecule has 5 rings (SSSR count).